The maximum absolute atomic E-state index is 5.49. The van der Waals surface area contributed by atoms with E-state index in [2.05, 4.69) is 16.7 Å². The molecule has 0 aliphatic carbocycles. The summed E-state index contributed by atoms with van der Waals surface area (Å²) in [5.74, 6) is 3.31. The Morgan fingerprint density at radius 1 is 1.57 bits per heavy atom. The molecule has 0 bridgehead atoms. The van der Waals surface area contributed by atoms with E-state index >= 15 is 0 Å². The molecule has 1 aliphatic heterocycles. The molecule has 1 atom stereocenters. The fourth-order valence-corrected chi connectivity index (χ4v) is 4.06. The van der Waals surface area contributed by atoms with E-state index in [-0.39, 0.29) is 0 Å². The van der Waals surface area contributed by atoms with Gasteiger partial charge in [-0.15, -0.1) is 11.3 Å². The Labute approximate surface area is 93.3 Å². The van der Waals surface area contributed by atoms with Crippen LogP contribution in [-0.2, 0) is 6.42 Å². The summed E-state index contributed by atoms with van der Waals surface area (Å²) in [7, 11) is 0. The third-order valence-corrected chi connectivity index (χ3v) is 4.86. The van der Waals surface area contributed by atoms with Crippen molar-refractivity contribution in [1.29, 1.82) is 0 Å². The van der Waals surface area contributed by atoms with E-state index in [0.717, 1.165) is 25.3 Å². The van der Waals surface area contributed by atoms with Crippen molar-refractivity contribution in [3.63, 3.8) is 0 Å². The average molecular weight is 228 g/mol. The molecule has 2 heterocycles. The third kappa shape index (κ3) is 2.49. The molecule has 1 aliphatic rings. The maximum Gasteiger partial charge on any atom is 0.0967 e. The van der Waals surface area contributed by atoms with Gasteiger partial charge in [0.15, 0.2) is 0 Å². The predicted molar refractivity (Wildman–Crippen MR) is 64.2 cm³/mol. The lowest BCUT2D eigenvalue weighted by Gasteiger charge is -2.01. The molecule has 78 valence electrons. The number of hydrogen-bond donors (Lipinski definition) is 1. The van der Waals surface area contributed by atoms with Crippen LogP contribution in [0.5, 0.6) is 0 Å². The number of aryl methyl sites for hydroxylation is 1. The van der Waals surface area contributed by atoms with Crippen LogP contribution in [0, 0.1) is 0 Å². The summed E-state index contributed by atoms with van der Waals surface area (Å²) in [4.78, 5) is 5.92. The highest BCUT2D eigenvalue weighted by Crippen LogP contribution is 2.34. The zero-order chi connectivity index (χ0) is 9.80. The summed E-state index contributed by atoms with van der Waals surface area (Å²) in [6.45, 7) is 0.784. The molecule has 2 rings (SSSR count). The fraction of sp³-hybridized carbons (Fsp3) is 0.700. The number of nitrogens with zero attached hydrogens (tertiary/aromatic N) is 1. The van der Waals surface area contributed by atoms with Crippen LogP contribution < -0.4 is 5.73 Å². The number of thiazole rings is 1. The van der Waals surface area contributed by atoms with Gasteiger partial charge in [0.05, 0.1) is 5.01 Å². The Morgan fingerprint density at radius 3 is 3.21 bits per heavy atom. The molecule has 2 N–H and O–H groups in total. The number of thioether (sulfide) groups is 1. The highest BCUT2D eigenvalue weighted by molar-refractivity contribution is 7.99. The Bertz CT molecular complexity index is 279. The molecule has 0 amide bonds. The second-order valence-corrected chi connectivity index (χ2v) is 5.91. The van der Waals surface area contributed by atoms with Crippen molar-refractivity contribution in [2.45, 2.75) is 25.2 Å². The number of aromatic nitrogens is 1. The van der Waals surface area contributed by atoms with Crippen molar-refractivity contribution < 1.29 is 0 Å². The minimum atomic E-state index is 0.733. The van der Waals surface area contributed by atoms with Crippen molar-refractivity contribution in [3.8, 4) is 0 Å². The molecule has 1 fully saturated rings. The summed E-state index contributed by atoms with van der Waals surface area (Å²) >= 11 is 3.94. The molecule has 1 saturated heterocycles. The van der Waals surface area contributed by atoms with Crippen LogP contribution in [0.25, 0.3) is 0 Å². The Hall–Kier alpha value is -0.0600. The normalized spacial score (nSPS) is 21.6. The van der Waals surface area contributed by atoms with Crippen LogP contribution in [0.4, 0.5) is 0 Å². The van der Waals surface area contributed by atoms with E-state index in [9.17, 15) is 0 Å². The van der Waals surface area contributed by atoms with Gasteiger partial charge < -0.3 is 5.73 Å². The molecule has 0 saturated carbocycles. The van der Waals surface area contributed by atoms with Crippen LogP contribution in [0.3, 0.4) is 0 Å². The summed E-state index contributed by atoms with van der Waals surface area (Å²) in [5, 5.41) is 1.35. The van der Waals surface area contributed by atoms with Crippen molar-refractivity contribution >= 4 is 23.1 Å². The third-order valence-electron chi connectivity index (χ3n) is 2.48. The first-order valence-corrected chi connectivity index (χ1v) is 7.09. The second-order valence-electron chi connectivity index (χ2n) is 3.62. The van der Waals surface area contributed by atoms with Gasteiger partial charge in [0.2, 0.25) is 0 Å². The average Bonchev–Trinajstić information content (AvgIpc) is 2.85. The van der Waals surface area contributed by atoms with Crippen LogP contribution in [0.1, 0.15) is 28.6 Å². The zero-order valence-electron chi connectivity index (χ0n) is 8.24. The molecule has 1 aromatic heterocycles. The summed E-state index contributed by atoms with van der Waals surface area (Å²) < 4.78 is 0. The summed E-state index contributed by atoms with van der Waals surface area (Å²) in [6.07, 6.45) is 5.54. The fourth-order valence-electron chi connectivity index (χ4n) is 1.63. The summed E-state index contributed by atoms with van der Waals surface area (Å²) in [6, 6.07) is 0. The van der Waals surface area contributed by atoms with Crippen molar-refractivity contribution in [2.75, 3.05) is 18.1 Å². The minimum absolute atomic E-state index is 0.733. The van der Waals surface area contributed by atoms with E-state index in [0.29, 0.717) is 0 Å². The molecular formula is C10H16N2S2. The largest absolute Gasteiger partial charge is 0.330 e. The molecular weight excluding hydrogens is 212 g/mol. The van der Waals surface area contributed by atoms with Gasteiger partial charge in [-0.3, -0.25) is 0 Å². The molecule has 0 aromatic carbocycles. The lowest BCUT2D eigenvalue weighted by atomic mass is 10.1. The molecule has 0 spiro atoms. The van der Waals surface area contributed by atoms with Gasteiger partial charge in [-0.2, -0.15) is 11.8 Å². The summed E-state index contributed by atoms with van der Waals surface area (Å²) in [5.41, 5.74) is 5.49. The van der Waals surface area contributed by atoms with Gasteiger partial charge in [0.1, 0.15) is 0 Å². The Kier molecular flexibility index (Phi) is 3.84. The topological polar surface area (TPSA) is 38.9 Å². The first-order chi connectivity index (χ1) is 6.90. The molecule has 2 nitrogen and oxygen atoms in total. The SMILES string of the molecule is NCCCc1cnc(C2CCSC2)s1. The van der Waals surface area contributed by atoms with Crippen molar-refractivity contribution in [3.05, 3.63) is 16.1 Å². The first kappa shape index (κ1) is 10.5. The van der Waals surface area contributed by atoms with E-state index in [4.69, 9.17) is 5.73 Å². The molecule has 0 radical (unpaired) electrons. The van der Waals surface area contributed by atoms with Gasteiger partial charge in [0.25, 0.3) is 0 Å². The predicted octanol–water partition coefficient (Wildman–Crippen LogP) is 2.25. The second kappa shape index (κ2) is 5.14. The highest BCUT2D eigenvalue weighted by atomic mass is 32.2. The minimum Gasteiger partial charge on any atom is -0.330 e. The quantitative estimate of drug-likeness (QED) is 0.859. The smallest absolute Gasteiger partial charge is 0.0967 e. The van der Waals surface area contributed by atoms with Gasteiger partial charge in [-0.05, 0) is 31.6 Å². The monoisotopic (exact) mass is 228 g/mol. The van der Waals surface area contributed by atoms with Gasteiger partial charge in [-0.25, -0.2) is 4.98 Å². The van der Waals surface area contributed by atoms with Gasteiger partial charge in [0, 0.05) is 22.7 Å². The van der Waals surface area contributed by atoms with Crippen LogP contribution >= 0.6 is 23.1 Å². The Balaban J connectivity index is 1.94. The molecule has 14 heavy (non-hydrogen) atoms. The van der Waals surface area contributed by atoms with E-state index < -0.39 is 0 Å². The van der Waals surface area contributed by atoms with Crippen LogP contribution in [-0.4, -0.2) is 23.0 Å². The highest BCUT2D eigenvalue weighted by Gasteiger charge is 2.20. The van der Waals surface area contributed by atoms with Crippen molar-refractivity contribution in [2.24, 2.45) is 5.73 Å². The van der Waals surface area contributed by atoms with Crippen LogP contribution in [0.15, 0.2) is 6.20 Å². The lowest BCUT2D eigenvalue weighted by molar-refractivity contribution is 0.773. The number of nitrogens with two attached hydrogens (primary N) is 1. The zero-order valence-corrected chi connectivity index (χ0v) is 9.87. The van der Waals surface area contributed by atoms with Gasteiger partial charge >= 0.3 is 0 Å². The number of hydrogen-bond acceptors (Lipinski definition) is 4. The standard InChI is InChI=1S/C10H16N2S2/c11-4-1-2-9-6-12-10(14-9)8-3-5-13-7-8/h6,8H,1-5,7,11H2. The molecule has 1 unspecified atom stereocenters. The van der Waals surface area contributed by atoms with Crippen molar-refractivity contribution in [1.82, 2.24) is 4.98 Å². The van der Waals surface area contributed by atoms with E-state index in [1.807, 2.05) is 17.5 Å². The van der Waals surface area contributed by atoms with Crippen LogP contribution in [0.2, 0.25) is 0 Å². The Morgan fingerprint density at radius 2 is 2.50 bits per heavy atom. The number of rotatable bonds is 4. The van der Waals surface area contributed by atoms with E-state index in [1.165, 1.54) is 27.8 Å². The first-order valence-electron chi connectivity index (χ1n) is 5.12. The maximum atomic E-state index is 5.49. The lowest BCUT2D eigenvalue weighted by Crippen LogP contribution is -1.99. The van der Waals surface area contributed by atoms with Gasteiger partial charge in [-0.1, -0.05) is 0 Å². The molecule has 1 aromatic rings. The molecule has 4 heteroatoms. The van der Waals surface area contributed by atoms with E-state index in [1.54, 1.807) is 0 Å².